The number of thiocarbonyl (C=S) groups is 1. The summed E-state index contributed by atoms with van der Waals surface area (Å²) >= 11 is 6.43. The second-order valence-electron chi connectivity index (χ2n) is 4.21. The first-order chi connectivity index (χ1) is 8.08. The predicted octanol–water partition coefficient (Wildman–Crippen LogP) is 1.59. The molecule has 0 bridgehead atoms. The molecule has 6 heteroatoms. The lowest BCUT2D eigenvalue weighted by atomic mass is 9.97. The van der Waals surface area contributed by atoms with E-state index in [0.29, 0.717) is 4.99 Å². The Labute approximate surface area is 110 Å². The molecule has 1 aliphatic heterocycles. The molecule has 2 rings (SSSR count). The first-order valence-corrected chi connectivity index (χ1v) is 6.81. The summed E-state index contributed by atoms with van der Waals surface area (Å²) in [6.45, 7) is 3.37. The molecular weight excluding hydrogens is 254 g/mol. The van der Waals surface area contributed by atoms with Crippen LogP contribution in [0.5, 0.6) is 0 Å². The minimum atomic E-state index is 0.0805. The molecule has 0 aliphatic carbocycles. The van der Waals surface area contributed by atoms with Crippen molar-refractivity contribution in [2.24, 2.45) is 11.7 Å². The number of nitrogens with two attached hydrogens (primary N) is 1. The molecule has 1 fully saturated rings. The summed E-state index contributed by atoms with van der Waals surface area (Å²) in [5.74, 6) is 0.370. The molecule has 1 aromatic rings. The highest BCUT2D eigenvalue weighted by molar-refractivity contribution is 7.80. The maximum Gasteiger partial charge on any atom is 0.265 e. The molecule has 0 spiro atoms. The van der Waals surface area contributed by atoms with Crippen molar-refractivity contribution in [3.63, 3.8) is 0 Å². The number of hydrogen-bond acceptors (Lipinski definition) is 4. The molecule has 0 unspecified atom stereocenters. The van der Waals surface area contributed by atoms with Crippen LogP contribution in [-0.2, 0) is 0 Å². The van der Waals surface area contributed by atoms with E-state index in [0.717, 1.165) is 35.8 Å². The van der Waals surface area contributed by atoms with Crippen molar-refractivity contribution in [1.82, 2.24) is 9.88 Å². The van der Waals surface area contributed by atoms with Gasteiger partial charge in [-0.2, -0.15) is 0 Å². The standard InChI is InChI=1S/C11H15N3OS2/c1-7-13-6-9(17-7)11(15)14-4-2-8(3-5-14)10(12)16/h6,8H,2-5H2,1H3,(H2,12,16). The summed E-state index contributed by atoms with van der Waals surface area (Å²) in [6, 6.07) is 0. The minimum Gasteiger partial charge on any atom is -0.393 e. The van der Waals surface area contributed by atoms with E-state index in [2.05, 4.69) is 4.98 Å². The number of aryl methyl sites for hydroxylation is 1. The summed E-state index contributed by atoms with van der Waals surface area (Å²) < 4.78 is 0. The normalized spacial score (nSPS) is 17.1. The Kier molecular flexibility index (Phi) is 3.73. The monoisotopic (exact) mass is 269 g/mol. The van der Waals surface area contributed by atoms with E-state index in [1.54, 1.807) is 6.20 Å². The van der Waals surface area contributed by atoms with Crippen LogP contribution in [0.25, 0.3) is 0 Å². The Balaban J connectivity index is 1.97. The SMILES string of the molecule is Cc1ncc(C(=O)N2CCC(C(N)=S)CC2)s1. The van der Waals surface area contributed by atoms with Gasteiger partial charge in [0, 0.05) is 19.0 Å². The number of likely N-dealkylation sites (tertiary alicyclic amines) is 1. The molecule has 1 aromatic heterocycles. The number of aromatic nitrogens is 1. The Hall–Kier alpha value is -1.01. The third kappa shape index (κ3) is 2.81. The fraction of sp³-hybridized carbons (Fsp3) is 0.545. The lowest BCUT2D eigenvalue weighted by Gasteiger charge is -2.31. The lowest BCUT2D eigenvalue weighted by molar-refractivity contribution is 0.0715. The zero-order valence-electron chi connectivity index (χ0n) is 9.68. The fourth-order valence-corrected chi connectivity index (χ4v) is 2.96. The van der Waals surface area contributed by atoms with Gasteiger partial charge in [0.15, 0.2) is 0 Å². The van der Waals surface area contributed by atoms with E-state index in [9.17, 15) is 4.79 Å². The third-order valence-corrected chi connectivity index (χ3v) is 4.25. The van der Waals surface area contributed by atoms with Crippen LogP contribution in [0.2, 0.25) is 0 Å². The minimum absolute atomic E-state index is 0.0805. The molecule has 4 nitrogen and oxygen atoms in total. The summed E-state index contributed by atoms with van der Waals surface area (Å²) in [5, 5.41) is 0.923. The van der Waals surface area contributed by atoms with Crippen molar-refractivity contribution in [3.8, 4) is 0 Å². The summed E-state index contributed by atoms with van der Waals surface area (Å²) in [7, 11) is 0. The van der Waals surface area contributed by atoms with Gasteiger partial charge < -0.3 is 10.6 Å². The average Bonchev–Trinajstić information content (AvgIpc) is 2.75. The van der Waals surface area contributed by atoms with Gasteiger partial charge in [-0.1, -0.05) is 12.2 Å². The summed E-state index contributed by atoms with van der Waals surface area (Å²) in [5.41, 5.74) is 5.62. The third-order valence-electron chi connectivity index (χ3n) is 3.02. The molecule has 1 amide bonds. The van der Waals surface area contributed by atoms with E-state index in [-0.39, 0.29) is 11.8 Å². The van der Waals surface area contributed by atoms with Crippen LogP contribution < -0.4 is 5.73 Å². The molecule has 1 saturated heterocycles. The summed E-state index contributed by atoms with van der Waals surface area (Å²) in [4.78, 5) is 19.4. The van der Waals surface area contributed by atoms with Crippen molar-refractivity contribution in [2.75, 3.05) is 13.1 Å². The van der Waals surface area contributed by atoms with Gasteiger partial charge in [-0.3, -0.25) is 4.79 Å². The lowest BCUT2D eigenvalue weighted by Crippen LogP contribution is -2.41. The van der Waals surface area contributed by atoms with Gasteiger partial charge in [-0.25, -0.2) is 4.98 Å². The molecule has 0 radical (unpaired) electrons. The van der Waals surface area contributed by atoms with Crippen molar-refractivity contribution in [3.05, 3.63) is 16.1 Å². The predicted molar refractivity (Wildman–Crippen MR) is 72.3 cm³/mol. The van der Waals surface area contributed by atoms with E-state index in [4.69, 9.17) is 18.0 Å². The number of amides is 1. The topological polar surface area (TPSA) is 59.2 Å². The Bertz CT molecular complexity index is 436. The van der Waals surface area contributed by atoms with Crippen LogP contribution in [0.4, 0.5) is 0 Å². The zero-order chi connectivity index (χ0) is 12.4. The van der Waals surface area contributed by atoms with Gasteiger partial charge >= 0.3 is 0 Å². The van der Waals surface area contributed by atoms with Gasteiger partial charge in [0.05, 0.1) is 16.2 Å². The highest BCUT2D eigenvalue weighted by atomic mass is 32.1. The molecular formula is C11H15N3OS2. The maximum absolute atomic E-state index is 12.1. The van der Waals surface area contributed by atoms with Crippen LogP contribution in [0.15, 0.2) is 6.20 Å². The van der Waals surface area contributed by atoms with Crippen molar-refractivity contribution < 1.29 is 4.79 Å². The Morgan fingerprint density at radius 2 is 2.24 bits per heavy atom. The molecule has 1 aliphatic rings. The molecule has 0 saturated carbocycles. The number of thiazole rings is 1. The van der Waals surface area contributed by atoms with Crippen molar-refractivity contribution in [1.29, 1.82) is 0 Å². The first-order valence-electron chi connectivity index (χ1n) is 5.59. The zero-order valence-corrected chi connectivity index (χ0v) is 11.3. The molecule has 92 valence electrons. The molecule has 0 aromatic carbocycles. The number of rotatable bonds is 2. The van der Waals surface area contributed by atoms with Crippen LogP contribution >= 0.6 is 23.6 Å². The number of hydrogen-bond donors (Lipinski definition) is 1. The van der Waals surface area contributed by atoms with Gasteiger partial charge in [-0.05, 0) is 19.8 Å². The Morgan fingerprint density at radius 3 is 2.71 bits per heavy atom. The molecule has 17 heavy (non-hydrogen) atoms. The smallest absolute Gasteiger partial charge is 0.265 e. The van der Waals surface area contributed by atoms with Crippen LogP contribution in [0.1, 0.15) is 27.5 Å². The van der Waals surface area contributed by atoms with Gasteiger partial charge in [0.2, 0.25) is 0 Å². The van der Waals surface area contributed by atoms with Crippen LogP contribution in [0, 0.1) is 12.8 Å². The summed E-state index contributed by atoms with van der Waals surface area (Å²) in [6.07, 6.45) is 3.40. The average molecular weight is 269 g/mol. The van der Waals surface area contributed by atoms with E-state index < -0.39 is 0 Å². The molecule has 2 N–H and O–H groups in total. The Morgan fingerprint density at radius 1 is 1.59 bits per heavy atom. The van der Waals surface area contributed by atoms with Crippen LogP contribution in [-0.4, -0.2) is 33.9 Å². The first kappa shape index (κ1) is 12.4. The van der Waals surface area contributed by atoms with E-state index >= 15 is 0 Å². The van der Waals surface area contributed by atoms with Gasteiger partial charge in [-0.15, -0.1) is 11.3 Å². The van der Waals surface area contributed by atoms with Gasteiger partial charge in [0.25, 0.3) is 5.91 Å². The number of piperidine rings is 1. The fourth-order valence-electron chi connectivity index (χ4n) is 1.98. The molecule has 0 atom stereocenters. The number of carbonyl (C=O) groups is 1. The number of carbonyl (C=O) groups excluding carboxylic acids is 1. The quantitative estimate of drug-likeness (QED) is 0.828. The van der Waals surface area contributed by atoms with E-state index in [1.165, 1.54) is 11.3 Å². The maximum atomic E-state index is 12.1. The van der Waals surface area contributed by atoms with Gasteiger partial charge in [0.1, 0.15) is 4.88 Å². The second-order valence-corrected chi connectivity index (χ2v) is 5.92. The van der Waals surface area contributed by atoms with Crippen LogP contribution in [0.3, 0.4) is 0 Å². The van der Waals surface area contributed by atoms with Crippen molar-refractivity contribution >= 4 is 34.5 Å². The number of nitrogens with zero attached hydrogens (tertiary/aromatic N) is 2. The van der Waals surface area contributed by atoms with Crippen molar-refractivity contribution in [2.45, 2.75) is 19.8 Å². The highest BCUT2D eigenvalue weighted by Gasteiger charge is 2.25. The largest absolute Gasteiger partial charge is 0.393 e. The second kappa shape index (κ2) is 5.10. The molecule has 2 heterocycles. The van der Waals surface area contributed by atoms with E-state index in [1.807, 2.05) is 11.8 Å². The highest BCUT2D eigenvalue weighted by Crippen LogP contribution is 2.21.